The fourth-order valence-corrected chi connectivity index (χ4v) is 5.43. The summed E-state index contributed by atoms with van der Waals surface area (Å²) in [7, 11) is 0.879. The molecule has 2 aliphatic heterocycles. The molecule has 0 saturated carbocycles. The molecule has 23 heteroatoms. The highest BCUT2D eigenvalue weighted by Gasteiger charge is 2.65. The first kappa shape index (κ1) is 33.4. The maximum Gasteiger partial charge on any atom is 0.315 e. The molecule has 3 heterocycles. The highest BCUT2D eigenvalue weighted by Crippen LogP contribution is 2.60. The van der Waals surface area contributed by atoms with Gasteiger partial charge >= 0.3 is 5.91 Å². The van der Waals surface area contributed by atoms with Crippen LogP contribution in [-0.2, 0) is 10.6 Å². The van der Waals surface area contributed by atoms with E-state index >= 15 is 0 Å². The summed E-state index contributed by atoms with van der Waals surface area (Å²) in [4.78, 5) is 38.6. The number of fused-ring (bicyclic) bond motifs is 1. The first-order chi connectivity index (χ1) is 22.1. The number of hydrogen-bond acceptors (Lipinski definition) is 19. The molecule has 0 atom stereocenters. The van der Waals surface area contributed by atoms with E-state index in [2.05, 4.69) is 9.84 Å². The van der Waals surface area contributed by atoms with Gasteiger partial charge in [-0.05, 0) is 6.42 Å². The van der Waals surface area contributed by atoms with Gasteiger partial charge in [0.15, 0.2) is 45.9 Å². The van der Waals surface area contributed by atoms with Crippen molar-refractivity contribution in [2.45, 2.75) is 30.3 Å². The molecule has 258 valence electrons. The lowest BCUT2D eigenvalue weighted by Gasteiger charge is -2.46. The van der Waals surface area contributed by atoms with Gasteiger partial charge in [0, 0.05) is 13.0 Å². The van der Waals surface area contributed by atoms with Crippen LogP contribution in [0.25, 0.3) is 5.69 Å². The normalized spacial score (nSPS) is 18.1. The molecular formula is C25H25N5O18. The second-order valence-corrected chi connectivity index (χ2v) is 10.5. The summed E-state index contributed by atoms with van der Waals surface area (Å²) >= 11 is 0. The zero-order valence-corrected chi connectivity index (χ0v) is 23.9. The number of nitrogens with zero attached hydrogens (tertiary/aromatic N) is 4. The largest absolute Gasteiger partial charge is 0.503 e. The van der Waals surface area contributed by atoms with Crippen molar-refractivity contribution < 1.29 is 90.6 Å². The van der Waals surface area contributed by atoms with Gasteiger partial charge in [-0.2, -0.15) is 5.10 Å². The molecule has 3 amide bonds. The van der Waals surface area contributed by atoms with Gasteiger partial charge in [-0.15, -0.1) is 0 Å². The third-order valence-electron chi connectivity index (χ3n) is 7.73. The van der Waals surface area contributed by atoms with Gasteiger partial charge in [0.25, 0.3) is 23.5 Å². The van der Waals surface area contributed by atoms with Crippen LogP contribution < -0.4 is 20.3 Å². The minimum atomic E-state index is -4.55. The molecule has 0 unspecified atom stereocenters. The van der Waals surface area contributed by atoms with Gasteiger partial charge in [-0.25, -0.2) is 9.58 Å². The molecular weight excluding hydrogens is 658 g/mol. The SMILES string of the molecule is COc1c(O)c(O)c(-n2nc(C(N)=O)c3c2C(=O)N(c2c(O)c(O)c(N4CCCC(O)(O)C4=O)c(O)c2O)C(O)(O)C3(O)O)c(O)c1O. The molecule has 5 rings (SSSR count). The number of primary amides is 1. The van der Waals surface area contributed by atoms with E-state index in [9.17, 15) is 85.9 Å². The van der Waals surface area contributed by atoms with Crippen LogP contribution in [0.2, 0.25) is 0 Å². The standard InChI is InChI=1S/C25H25N5O18/c1-48-19-17(37)15(35)10(16(36)18(19)38)30-7-5(6(27-30)20(26)39)24(44,45)25(46,47)29(21(7)40)9-13(33)11(31)8(12(32)14(9)34)28-4-2-3-23(42,43)22(28)41/h31-38,42-47H,2-4H2,1H3,(H2,26,39). The maximum atomic E-state index is 14.1. The molecule has 0 aliphatic carbocycles. The van der Waals surface area contributed by atoms with Crippen LogP contribution in [0.3, 0.4) is 0 Å². The number of methoxy groups -OCH3 is 1. The summed E-state index contributed by atoms with van der Waals surface area (Å²) in [5, 5.41) is 153. The Labute approximate surface area is 263 Å². The Morgan fingerprint density at radius 1 is 0.771 bits per heavy atom. The number of hydrogen-bond donors (Lipinski definition) is 15. The molecule has 1 aromatic heterocycles. The zero-order chi connectivity index (χ0) is 36.2. The van der Waals surface area contributed by atoms with Crippen LogP contribution in [0.1, 0.15) is 39.4 Å². The lowest BCUT2D eigenvalue weighted by molar-refractivity contribution is -0.364. The number of amides is 3. The summed E-state index contributed by atoms with van der Waals surface area (Å²) in [5.74, 6) is -30.7. The average molecular weight is 683 g/mol. The van der Waals surface area contributed by atoms with Crippen LogP contribution in [-0.4, -0.2) is 124 Å². The monoisotopic (exact) mass is 683 g/mol. The fourth-order valence-electron chi connectivity index (χ4n) is 5.43. The van der Waals surface area contributed by atoms with Gasteiger partial charge < -0.3 is 86.9 Å². The quantitative estimate of drug-likeness (QED) is 0.0689. The van der Waals surface area contributed by atoms with Crippen molar-refractivity contribution in [1.82, 2.24) is 9.78 Å². The molecule has 0 spiro atoms. The van der Waals surface area contributed by atoms with E-state index < -0.39 is 139 Å². The Morgan fingerprint density at radius 2 is 1.25 bits per heavy atom. The van der Waals surface area contributed by atoms with E-state index in [1.54, 1.807) is 0 Å². The number of ether oxygens (including phenoxy) is 1. The van der Waals surface area contributed by atoms with Gasteiger partial charge in [0.2, 0.25) is 23.0 Å². The second kappa shape index (κ2) is 10.3. The fraction of sp³-hybridized carbons (Fsp3) is 0.280. The number of carbonyl (C=O) groups excluding carboxylic acids is 3. The number of aliphatic hydroxyl groups is 6. The Morgan fingerprint density at radius 3 is 1.73 bits per heavy atom. The Kier molecular flexibility index (Phi) is 7.14. The summed E-state index contributed by atoms with van der Waals surface area (Å²) in [6.07, 6.45) is -0.683. The van der Waals surface area contributed by atoms with E-state index in [1.807, 2.05) is 0 Å². The van der Waals surface area contributed by atoms with Crippen molar-refractivity contribution in [2.24, 2.45) is 5.73 Å². The van der Waals surface area contributed by atoms with Gasteiger partial charge in [0.05, 0.1) is 12.7 Å². The summed E-state index contributed by atoms with van der Waals surface area (Å²) in [5.41, 5.74) is -3.43. The number of anilines is 2. The van der Waals surface area contributed by atoms with Crippen molar-refractivity contribution in [2.75, 3.05) is 23.5 Å². The minimum Gasteiger partial charge on any atom is -0.503 e. The van der Waals surface area contributed by atoms with E-state index in [1.165, 1.54) is 0 Å². The van der Waals surface area contributed by atoms with Crippen LogP contribution in [0.5, 0.6) is 51.7 Å². The Balaban J connectivity index is 1.85. The topological polar surface area (TPSA) is 394 Å². The molecule has 16 N–H and O–H groups in total. The summed E-state index contributed by atoms with van der Waals surface area (Å²) in [6, 6.07) is 0. The third kappa shape index (κ3) is 4.09. The molecule has 0 bridgehead atoms. The Hall–Kier alpha value is -5.98. The number of aromatic hydroxyl groups is 8. The van der Waals surface area contributed by atoms with Gasteiger partial charge in [0.1, 0.15) is 17.1 Å². The van der Waals surface area contributed by atoms with E-state index in [0.717, 1.165) is 7.11 Å². The molecule has 1 fully saturated rings. The van der Waals surface area contributed by atoms with Gasteiger partial charge in [-0.3, -0.25) is 14.4 Å². The number of benzene rings is 2. The molecule has 3 aromatic rings. The number of nitrogens with two attached hydrogens (primary N) is 1. The maximum absolute atomic E-state index is 14.1. The zero-order valence-electron chi connectivity index (χ0n) is 23.9. The number of rotatable bonds is 5. The summed E-state index contributed by atoms with van der Waals surface area (Å²) < 4.78 is 4.61. The van der Waals surface area contributed by atoms with Crippen molar-refractivity contribution in [3.8, 4) is 57.4 Å². The lowest BCUT2D eigenvalue weighted by Crippen LogP contribution is -2.68. The second-order valence-electron chi connectivity index (χ2n) is 10.5. The first-order valence-corrected chi connectivity index (χ1v) is 13.1. The highest BCUT2D eigenvalue weighted by molar-refractivity contribution is 6.14. The molecule has 2 aliphatic rings. The molecule has 2 aromatic carbocycles. The van der Waals surface area contributed by atoms with Crippen molar-refractivity contribution >= 4 is 29.1 Å². The van der Waals surface area contributed by atoms with Crippen LogP contribution in [0.15, 0.2) is 0 Å². The van der Waals surface area contributed by atoms with Crippen molar-refractivity contribution in [3.63, 3.8) is 0 Å². The average Bonchev–Trinajstić information content (AvgIpc) is 3.40. The molecule has 0 radical (unpaired) electrons. The summed E-state index contributed by atoms with van der Waals surface area (Å²) in [6.45, 7) is -0.461. The number of carbonyl (C=O) groups is 3. The predicted octanol–water partition coefficient (Wildman–Crippen LogP) is -4.13. The first-order valence-electron chi connectivity index (χ1n) is 13.1. The minimum absolute atomic E-state index is 0.0542. The molecule has 1 saturated heterocycles. The van der Waals surface area contributed by atoms with E-state index in [-0.39, 0.29) is 11.1 Å². The van der Waals surface area contributed by atoms with Crippen molar-refractivity contribution in [1.29, 1.82) is 0 Å². The lowest BCUT2D eigenvalue weighted by atomic mass is 9.91. The van der Waals surface area contributed by atoms with Crippen LogP contribution in [0.4, 0.5) is 11.4 Å². The predicted molar refractivity (Wildman–Crippen MR) is 147 cm³/mol. The number of phenolic OH excluding ortho intramolecular Hbond substituents is 8. The van der Waals surface area contributed by atoms with Crippen LogP contribution >= 0.6 is 0 Å². The van der Waals surface area contributed by atoms with Crippen molar-refractivity contribution in [3.05, 3.63) is 17.0 Å². The van der Waals surface area contributed by atoms with E-state index in [4.69, 9.17) is 5.73 Å². The van der Waals surface area contributed by atoms with Gasteiger partial charge in [-0.1, -0.05) is 0 Å². The Bertz CT molecular complexity index is 1890. The van der Waals surface area contributed by atoms with Crippen LogP contribution in [0, 0.1) is 0 Å². The number of aromatic nitrogens is 2. The number of phenols is 8. The van der Waals surface area contributed by atoms with E-state index in [0.29, 0.717) is 4.90 Å². The molecule has 48 heavy (non-hydrogen) atoms. The number of piperidine rings is 1. The third-order valence-corrected chi connectivity index (χ3v) is 7.73. The highest BCUT2D eigenvalue weighted by atomic mass is 16.6. The smallest absolute Gasteiger partial charge is 0.315 e. The molecule has 23 nitrogen and oxygen atoms in total.